The van der Waals surface area contributed by atoms with Gasteiger partial charge in [-0.2, -0.15) is 4.31 Å². The van der Waals surface area contributed by atoms with E-state index in [4.69, 9.17) is 0 Å². The van der Waals surface area contributed by atoms with Crippen LogP contribution in [-0.2, 0) is 20.0 Å². The molecular formula is C12H20N4O4S2. The van der Waals surface area contributed by atoms with Crippen LogP contribution in [0, 0.1) is 0 Å². The fourth-order valence-corrected chi connectivity index (χ4v) is 4.55. The van der Waals surface area contributed by atoms with Gasteiger partial charge in [0.05, 0.1) is 5.75 Å². The highest BCUT2D eigenvalue weighted by Gasteiger charge is 2.26. The lowest BCUT2D eigenvalue weighted by atomic mass is 10.4. The van der Waals surface area contributed by atoms with Crippen LogP contribution in [0.4, 0.5) is 0 Å². The van der Waals surface area contributed by atoms with E-state index in [1.165, 1.54) is 28.8 Å². The first kappa shape index (κ1) is 17.3. The maximum atomic E-state index is 12.2. The summed E-state index contributed by atoms with van der Waals surface area (Å²) in [4.78, 5) is 5.81. The van der Waals surface area contributed by atoms with Crippen LogP contribution in [-0.4, -0.2) is 76.5 Å². The van der Waals surface area contributed by atoms with Gasteiger partial charge in [0.15, 0.2) is 0 Å². The predicted molar refractivity (Wildman–Crippen MR) is 82.3 cm³/mol. The van der Waals surface area contributed by atoms with Crippen molar-refractivity contribution in [1.29, 1.82) is 0 Å². The smallest absolute Gasteiger partial charge is 0.242 e. The lowest BCUT2D eigenvalue weighted by Gasteiger charge is -2.31. The average Bonchev–Trinajstić information content (AvgIpc) is 2.48. The van der Waals surface area contributed by atoms with E-state index in [0.717, 1.165) is 0 Å². The molecule has 1 aliphatic heterocycles. The first-order valence-corrected chi connectivity index (χ1v) is 9.96. The Hall–Kier alpha value is -1.07. The SMILES string of the molecule is CN1CCN(S(=O)(=O)CCNS(=O)(=O)c2cccnc2)CC1. The predicted octanol–water partition coefficient (Wildman–Crippen LogP) is -1.06. The highest BCUT2D eigenvalue weighted by molar-refractivity contribution is 7.90. The lowest BCUT2D eigenvalue weighted by molar-refractivity contribution is 0.222. The quantitative estimate of drug-likeness (QED) is 0.703. The van der Waals surface area contributed by atoms with E-state index in [1.807, 2.05) is 7.05 Å². The number of pyridine rings is 1. The molecule has 8 nitrogen and oxygen atoms in total. The van der Waals surface area contributed by atoms with Crippen molar-refractivity contribution in [3.8, 4) is 0 Å². The standard InChI is InChI=1S/C12H20N4O4S2/c1-15-6-8-16(9-7-15)21(17,18)10-5-14-22(19,20)12-3-2-4-13-11-12/h2-4,11,14H,5-10H2,1H3. The largest absolute Gasteiger partial charge is 0.304 e. The topological polar surface area (TPSA) is 99.7 Å². The van der Waals surface area contributed by atoms with Gasteiger partial charge in [-0.25, -0.2) is 21.6 Å². The van der Waals surface area contributed by atoms with Crippen LogP contribution in [0.2, 0.25) is 0 Å². The van der Waals surface area contributed by atoms with Crippen molar-refractivity contribution < 1.29 is 16.8 Å². The van der Waals surface area contributed by atoms with Gasteiger partial charge in [-0.15, -0.1) is 0 Å². The molecule has 22 heavy (non-hydrogen) atoms. The van der Waals surface area contributed by atoms with E-state index in [2.05, 4.69) is 14.6 Å². The van der Waals surface area contributed by atoms with E-state index in [0.29, 0.717) is 26.2 Å². The van der Waals surface area contributed by atoms with E-state index < -0.39 is 20.0 Å². The van der Waals surface area contributed by atoms with Crippen molar-refractivity contribution in [2.24, 2.45) is 0 Å². The van der Waals surface area contributed by atoms with Crippen LogP contribution in [0.1, 0.15) is 0 Å². The van der Waals surface area contributed by atoms with Crippen LogP contribution in [0.15, 0.2) is 29.4 Å². The number of nitrogens with zero attached hydrogens (tertiary/aromatic N) is 3. The Morgan fingerprint density at radius 2 is 1.86 bits per heavy atom. The fraction of sp³-hybridized carbons (Fsp3) is 0.583. The number of piperazine rings is 1. The van der Waals surface area contributed by atoms with E-state index in [-0.39, 0.29) is 17.2 Å². The molecule has 1 aromatic rings. The van der Waals surface area contributed by atoms with Crippen molar-refractivity contribution in [2.45, 2.75) is 4.90 Å². The number of hydrogen-bond donors (Lipinski definition) is 1. The number of sulfonamides is 2. The van der Waals surface area contributed by atoms with Gasteiger partial charge in [-0.05, 0) is 19.2 Å². The summed E-state index contributed by atoms with van der Waals surface area (Å²) < 4.78 is 52.0. The maximum Gasteiger partial charge on any atom is 0.242 e. The minimum Gasteiger partial charge on any atom is -0.304 e. The fourth-order valence-electron chi connectivity index (χ4n) is 2.09. The molecule has 0 aliphatic carbocycles. The number of rotatable bonds is 6. The second kappa shape index (κ2) is 7.01. The normalized spacial score (nSPS) is 18.4. The molecule has 124 valence electrons. The molecular weight excluding hydrogens is 328 g/mol. The van der Waals surface area contributed by atoms with Gasteiger partial charge in [0.25, 0.3) is 0 Å². The van der Waals surface area contributed by atoms with Crippen LogP contribution in [0.5, 0.6) is 0 Å². The molecule has 0 aromatic carbocycles. The molecule has 0 spiro atoms. The molecule has 1 aromatic heterocycles. The summed E-state index contributed by atoms with van der Waals surface area (Å²) in [5.74, 6) is -0.254. The van der Waals surface area contributed by atoms with Gasteiger partial charge < -0.3 is 4.90 Å². The molecule has 1 N–H and O–H groups in total. The lowest BCUT2D eigenvalue weighted by Crippen LogP contribution is -2.48. The molecule has 1 aliphatic rings. The minimum absolute atomic E-state index is 0.0204. The van der Waals surface area contributed by atoms with E-state index in [9.17, 15) is 16.8 Å². The zero-order valence-corrected chi connectivity index (χ0v) is 14.0. The van der Waals surface area contributed by atoms with Crippen molar-refractivity contribution >= 4 is 20.0 Å². The molecule has 0 amide bonds. The third kappa shape index (κ3) is 4.46. The highest BCUT2D eigenvalue weighted by atomic mass is 32.2. The Balaban J connectivity index is 1.90. The first-order valence-electron chi connectivity index (χ1n) is 6.87. The van der Waals surface area contributed by atoms with Crippen molar-refractivity contribution in [1.82, 2.24) is 18.9 Å². The Morgan fingerprint density at radius 1 is 1.18 bits per heavy atom. The summed E-state index contributed by atoms with van der Waals surface area (Å²) in [7, 11) is -5.24. The molecule has 0 saturated carbocycles. The van der Waals surface area contributed by atoms with Crippen LogP contribution in [0.3, 0.4) is 0 Å². The Morgan fingerprint density at radius 3 is 2.45 bits per heavy atom. The molecule has 2 rings (SSSR count). The second-order valence-corrected chi connectivity index (χ2v) is 8.96. The Kier molecular flexibility index (Phi) is 5.50. The number of hydrogen-bond acceptors (Lipinski definition) is 6. The summed E-state index contributed by atoms with van der Waals surface area (Å²) in [6.45, 7) is 2.08. The van der Waals surface area contributed by atoms with E-state index in [1.54, 1.807) is 0 Å². The third-order valence-corrected chi connectivity index (χ3v) is 6.77. The van der Waals surface area contributed by atoms with Crippen molar-refractivity contribution in [2.75, 3.05) is 45.5 Å². The summed E-state index contributed by atoms with van der Waals surface area (Å²) >= 11 is 0. The third-order valence-electron chi connectivity index (χ3n) is 3.45. The molecule has 1 saturated heterocycles. The Bertz CT molecular complexity index is 683. The maximum absolute atomic E-state index is 12.2. The van der Waals surface area contributed by atoms with Gasteiger partial charge in [0.2, 0.25) is 20.0 Å². The van der Waals surface area contributed by atoms with Gasteiger partial charge in [0.1, 0.15) is 4.90 Å². The van der Waals surface area contributed by atoms with Crippen molar-refractivity contribution in [3.05, 3.63) is 24.5 Å². The van der Waals surface area contributed by atoms with E-state index >= 15 is 0 Å². The molecule has 1 fully saturated rings. The summed E-state index contributed by atoms with van der Waals surface area (Å²) in [5.41, 5.74) is 0. The first-order chi connectivity index (χ1) is 10.3. The van der Waals surface area contributed by atoms with Gasteiger partial charge in [-0.1, -0.05) is 0 Å². The molecule has 0 radical (unpaired) electrons. The minimum atomic E-state index is -3.73. The zero-order valence-electron chi connectivity index (χ0n) is 12.3. The highest BCUT2D eigenvalue weighted by Crippen LogP contribution is 2.08. The van der Waals surface area contributed by atoms with Gasteiger partial charge >= 0.3 is 0 Å². The van der Waals surface area contributed by atoms with Gasteiger partial charge in [-0.3, -0.25) is 4.98 Å². The summed E-state index contributed by atoms with van der Waals surface area (Å²) in [6.07, 6.45) is 2.69. The van der Waals surface area contributed by atoms with Gasteiger partial charge in [0, 0.05) is 45.1 Å². The van der Waals surface area contributed by atoms with Crippen LogP contribution < -0.4 is 4.72 Å². The zero-order chi connectivity index (χ0) is 16.2. The summed E-state index contributed by atoms with van der Waals surface area (Å²) in [6, 6.07) is 2.92. The molecule has 0 atom stereocenters. The molecule has 0 bridgehead atoms. The molecule has 10 heteroatoms. The molecule has 2 heterocycles. The number of likely N-dealkylation sites (N-methyl/N-ethyl adjacent to an activating group) is 1. The number of aromatic nitrogens is 1. The molecule has 0 unspecified atom stereocenters. The average molecular weight is 348 g/mol. The number of nitrogens with one attached hydrogen (secondary N) is 1. The Labute approximate surface area is 131 Å². The van der Waals surface area contributed by atoms with Crippen LogP contribution in [0.25, 0.3) is 0 Å². The summed E-state index contributed by atoms with van der Waals surface area (Å²) in [5, 5.41) is 0. The van der Waals surface area contributed by atoms with Crippen molar-refractivity contribution in [3.63, 3.8) is 0 Å². The second-order valence-electron chi connectivity index (χ2n) is 5.10. The monoisotopic (exact) mass is 348 g/mol. The van der Waals surface area contributed by atoms with Crippen LogP contribution >= 0.6 is 0 Å².